The Morgan fingerprint density at radius 1 is 1.24 bits per heavy atom. The third kappa shape index (κ3) is 4.60. The maximum absolute atomic E-state index is 13.9. The van der Waals surface area contributed by atoms with Crippen LogP contribution in [0.5, 0.6) is 5.75 Å². The lowest BCUT2D eigenvalue weighted by Gasteiger charge is -2.26. The van der Waals surface area contributed by atoms with Crippen molar-refractivity contribution in [1.82, 2.24) is 14.1 Å². The smallest absolute Gasteiger partial charge is 0.333 e. The molecule has 0 aliphatic rings. The zero-order chi connectivity index (χ0) is 27.1. The Morgan fingerprint density at radius 2 is 1.95 bits per heavy atom. The number of benzene rings is 1. The summed E-state index contributed by atoms with van der Waals surface area (Å²) in [6, 6.07) is 7.33. The van der Waals surface area contributed by atoms with Crippen LogP contribution in [0.25, 0.3) is 21.0 Å². The number of fused-ring (bicyclic) bond motifs is 1. The zero-order valence-corrected chi connectivity index (χ0v) is 22.3. The van der Waals surface area contributed by atoms with E-state index in [4.69, 9.17) is 13.9 Å². The summed E-state index contributed by atoms with van der Waals surface area (Å²) in [6.07, 6.45) is 2.08. The molecule has 0 amide bonds. The summed E-state index contributed by atoms with van der Waals surface area (Å²) in [4.78, 5) is 44.9. The lowest BCUT2D eigenvalue weighted by atomic mass is 10.1. The maximum Gasteiger partial charge on any atom is 0.333 e. The first kappa shape index (κ1) is 26.4. The van der Waals surface area contributed by atoms with Crippen LogP contribution in [0.2, 0.25) is 0 Å². The van der Waals surface area contributed by atoms with Crippen LogP contribution < -0.4 is 16.0 Å². The number of ether oxygens (including phenoxy) is 2. The van der Waals surface area contributed by atoms with Gasteiger partial charge < -0.3 is 19.0 Å². The van der Waals surface area contributed by atoms with Crippen molar-refractivity contribution in [2.45, 2.75) is 58.9 Å². The number of carboxylic acid groups (broad SMARTS) is 1. The van der Waals surface area contributed by atoms with E-state index in [1.54, 1.807) is 20.1 Å². The molecule has 4 rings (SSSR count). The second kappa shape index (κ2) is 9.98. The van der Waals surface area contributed by atoms with Gasteiger partial charge in [-0.3, -0.25) is 9.36 Å². The zero-order valence-electron chi connectivity index (χ0n) is 21.5. The van der Waals surface area contributed by atoms with Crippen LogP contribution in [0, 0.1) is 6.92 Å². The molecule has 0 aliphatic heterocycles. The first-order valence-electron chi connectivity index (χ1n) is 11.7. The Hall–Kier alpha value is -3.70. The number of nitrogens with zero attached hydrogens (tertiary/aromatic N) is 3. The van der Waals surface area contributed by atoms with E-state index >= 15 is 0 Å². The van der Waals surface area contributed by atoms with Gasteiger partial charge in [-0.05, 0) is 46.2 Å². The average Bonchev–Trinajstić information content (AvgIpc) is 3.48. The van der Waals surface area contributed by atoms with Crippen LogP contribution in [0.3, 0.4) is 0 Å². The fourth-order valence-corrected chi connectivity index (χ4v) is 5.52. The summed E-state index contributed by atoms with van der Waals surface area (Å²) in [5.74, 6) is -0.418. The molecule has 3 aromatic heterocycles. The molecule has 0 saturated carbocycles. The summed E-state index contributed by atoms with van der Waals surface area (Å²) < 4.78 is 19.5. The molecule has 0 spiro atoms. The molecule has 0 bridgehead atoms. The molecule has 10 nitrogen and oxygen atoms in total. The van der Waals surface area contributed by atoms with Crippen LogP contribution >= 0.6 is 11.3 Å². The Balaban J connectivity index is 2.06. The van der Waals surface area contributed by atoms with Crippen LogP contribution in [0.4, 0.5) is 0 Å². The molecule has 0 radical (unpaired) electrons. The highest BCUT2D eigenvalue weighted by Gasteiger charge is 2.36. The van der Waals surface area contributed by atoms with Crippen molar-refractivity contribution >= 4 is 27.5 Å². The van der Waals surface area contributed by atoms with Gasteiger partial charge in [0.25, 0.3) is 5.56 Å². The molecule has 3 heterocycles. The summed E-state index contributed by atoms with van der Waals surface area (Å²) in [5, 5.41) is 10.1. The lowest BCUT2D eigenvalue weighted by Crippen LogP contribution is -2.52. The van der Waals surface area contributed by atoms with Gasteiger partial charge in [0.2, 0.25) is 5.89 Å². The number of carbonyl (C=O) groups is 1. The van der Waals surface area contributed by atoms with Crippen molar-refractivity contribution in [2.24, 2.45) is 0 Å². The van der Waals surface area contributed by atoms with Crippen molar-refractivity contribution in [3.8, 4) is 16.5 Å². The summed E-state index contributed by atoms with van der Waals surface area (Å²) >= 11 is 1.19. The minimum absolute atomic E-state index is 0.00877. The number of aryl methyl sites for hydroxylation is 1. The standard InChI is InChI=1S/C26H29N3O7S/c1-14(2)36-18(16-9-7-8-10-17(16)34-6)13-28-23-19(15(3)20(37-23)21-27-11-12-35-21)22(30)29(25(28)33)26(4,5)24(31)32/h7-12,14,18H,13H2,1-6H3,(H,31,32). The lowest BCUT2D eigenvalue weighted by molar-refractivity contribution is -0.146. The largest absolute Gasteiger partial charge is 0.496 e. The second-order valence-corrected chi connectivity index (χ2v) is 10.4. The van der Waals surface area contributed by atoms with E-state index in [9.17, 15) is 19.5 Å². The second-order valence-electron chi connectivity index (χ2n) is 9.39. The summed E-state index contributed by atoms with van der Waals surface area (Å²) in [5.41, 5.74) is -1.98. The molecule has 0 fully saturated rings. The highest BCUT2D eigenvalue weighted by molar-refractivity contribution is 7.22. The molecule has 37 heavy (non-hydrogen) atoms. The maximum atomic E-state index is 13.9. The first-order valence-corrected chi connectivity index (χ1v) is 12.5. The molecule has 1 atom stereocenters. The molecule has 1 N–H and O–H groups in total. The molecule has 196 valence electrons. The third-order valence-corrected chi connectivity index (χ3v) is 7.49. The number of rotatable bonds is 9. The monoisotopic (exact) mass is 527 g/mol. The SMILES string of the molecule is COc1ccccc1C(Cn1c(=O)n(C(C)(C)C(=O)O)c(=O)c2c(C)c(-c3ncco3)sc21)OC(C)C. The minimum atomic E-state index is -1.81. The van der Waals surface area contributed by atoms with E-state index in [-0.39, 0.29) is 18.0 Å². The average molecular weight is 528 g/mol. The van der Waals surface area contributed by atoms with Gasteiger partial charge in [0.15, 0.2) is 0 Å². The molecular formula is C26H29N3O7S. The van der Waals surface area contributed by atoms with E-state index in [1.165, 1.54) is 42.2 Å². The van der Waals surface area contributed by atoms with Gasteiger partial charge in [0.05, 0.1) is 36.2 Å². The van der Waals surface area contributed by atoms with Crippen molar-refractivity contribution in [3.63, 3.8) is 0 Å². The number of hydrogen-bond donors (Lipinski definition) is 1. The fraction of sp³-hybridized carbons (Fsp3) is 0.385. The Morgan fingerprint density at radius 3 is 2.54 bits per heavy atom. The van der Waals surface area contributed by atoms with Crippen LogP contribution in [-0.2, 0) is 21.6 Å². The van der Waals surface area contributed by atoms with Gasteiger partial charge in [-0.1, -0.05) is 18.2 Å². The molecule has 1 aromatic carbocycles. The number of aliphatic carboxylic acids is 1. The van der Waals surface area contributed by atoms with E-state index in [0.717, 1.165) is 10.1 Å². The molecule has 4 aromatic rings. The topological polar surface area (TPSA) is 126 Å². The minimum Gasteiger partial charge on any atom is -0.496 e. The van der Waals surface area contributed by atoms with Gasteiger partial charge in [0, 0.05) is 5.56 Å². The van der Waals surface area contributed by atoms with Crippen LogP contribution in [0.1, 0.15) is 44.9 Å². The molecule has 0 saturated heterocycles. The summed E-state index contributed by atoms with van der Waals surface area (Å²) in [7, 11) is 1.55. The Labute approximate surface area is 216 Å². The predicted octanol–water partition coefficient (Wildman–Crippen LogP) is 4.18. The number of para-hydroxylation sites is 1. The van der Waals surface area contributed by atoms with Crippen molar-refractivity contribution < 1.29 is 23.8 Å². The first-order chi connectivity index (χ1) is 17.5. The van der Waals surface area contributed by atoms with Crippen molar-refractivity contribution in [2.75, 3.05) is 7.11 Å². The van der Waals surface area contributed by atoms with Crippen LogP contribution in [0.15, 0.2) is 50.7 Å². The molecular weight excluding hydrogens is 498 g/mol. The van der Waals surface area contributed by atoms with E-state index in [1.807, 2.05) is 32.0 Å². The summed E-state index contributed by atoms with van der Waals surface area (Å²) in [6.45, 7) is 8.15. The van der Waals surface area contributed by atoms with Gasteiger partial charge in [-0.25, -0.2) is 19.1 Å². The molecule has 0 aliphatic carbocycles. The number of aromatic nitrogens is 3. The highest BCUT2D eigenvalue weighted by atomic mass is 32.1. The molecule has 1 unspecified atom stereocenters. The van der Waals surface area contributed by atoms with Crippen molar-refractivity contribution in [1.29, 1.82) is 0 Å². The van der Waals surface area contributed by atoms with Gasteiger partial charge in [-0.15, -0.1) is 11.3 Å². The quantitative estimate of drug-likeness (QED) is 0.344. The van der Waals surface area contributed by atoms with Crippen molar-refractivity contribution in [3.05, 3.63) is 68.7 Å². The normalized spacial score (nSPS) is 12.8. The third-order valence-electron chi connectivity index (χ3n) is 6.19. The van der Waals surface area contributed by atoms with Gasteiger partial charge >= 0.3 is 11.7 Å². The van der Waals surface area contributed by atoms with Gasteiger partial charge in [0.1, 0.15) is 28.5 Å². The Bertz CT molecular complexity index is 1560. The highest BCUT2D eigenvalue weighted by Crippen LogP contribution is 2.37. The predicted molar refractivity (Wildman–Crippen MR) is 139 cm³/mol. The van der Waals surface area contributed by atoms with E-state index < -0.39 is 28.9 Å². The number of hydrogen-bond acceptors (Lipinski definition) is 8. The van der Waals surface area contributed by atoms with Crippen LogP contribution in [-0.4, -0.2) is 38.4 Å². The van der Waals surface area contributed by atoms with E-state index in [0.29, 0.717) is 26.9 Å². The van der Waals surface area contributed by atoms with Gasteiger partial charge in [-0.2, -0.15) is 0 Å². The number of methoxy groups -OCH3 is 1. The number of carboxylic acids is 1. The van der Waals surface area contributed by atoms with E-state index in [2.05, 4.69) is 4.98 Å². The number of oxazole rings is 1. The molecule has 11 heteroatoms. The number of thiophene rings is 1. The fourth-order valence-electron chi connectivity index (χ4n) is 4.28. The Kier molecular flexibility index (Phi) is 7.11.